The van der Waals surface area contributed by atoms with E-state index in [4.69, 9.17) is 16.3 Å². The number of likely N-dealkylation sites (tertiary alicyclic amines) is 1. The maximum Gasteiger partial charge on any atom is 0.266 e. The number of hydrogen-bond donors (Lipinski definition) is 0. The second kappa shape index (κ2) is 8.17. The van der Waals surface area contributed by atoms with Crippen LogP contribution in [0.1, 0.15) is 40.5 Å². The summed E-state index contributed by atoms with van der Waals surface area (Å²) in [6, 6.07) is 6.83. The van der Waals surface area contributed by atoms with E-state index < -0.39 is 20.7 Å². The number of benzene rings is 1. The fraction of sp³-hybridized carbons (Fsp3) is 0.632. The number of halogens is 1. The van der Waals surface area contributed by atoms with Gasteiger partial charge >= 0.3 is 0 Å². The molecule has 1 amide bonds. The highest BCUT2D eigenvalue weighted by Crippen LogP contribution is 2.25. The number of ether oxygens (including phenoxy) is 1. The predicted molar refractivity (Wildman–Crippen MR) is 104 cm³/mol. The first kappa shape index (κ1) is 21.0. The first-order chi connectivity index (χ1) is 12.0. The smallest absolute Gasteiger partial charge is 0.266 e. The number of carbonyl (C=O) groups is 1. The van der Waals surface area contributed by atoms with Crippen LogP contribution in [0.25, 0.3) is 0 Å². The standard InChI is InChI=1S/C19H28ClNO4S/c1-14(2)13-26(23,24)17-6-5-11-21(12-17)18(22)19(3,4)25-16-9-7-15(20)8-10-16/h7-10,14,17H,5-6,11-13H2,1-4H3. The summed E-state index contributed by atoms with van der Waals surface area (Å²) in [5, 5.41) is 0.102. The first-order valence-electron chi connectivity index (χ1n) is 8.97. The van der Waals surface area contributed by atoms with E-state index in [9.17, 15) is 13.2 Å². The van der Waals surface area contributed by atoms with Gasteiger partial charge < -0.3 is 9.64 Å². The van der Waals surface area contributed by atoms with Crippen molar-refractivity contribution in [2.75, 3.05) is 18.8 Å². The molecule has 1 aromatic rings. The van der Waals surface area contributed by atoms with Crippen molar-refractivity contribution in [1.82, 2.24) is 4.90 Å². The van der Waals surface area contributed by atoms with Crippen LogP contribution in [0.3, 0.4) is 0 Å². The Hall–Kier alpha value is -1.27. The number of amides is 1. The molecule has 1 aromatic carbocycles. The third-order valence-electron chi connectivity index (χ3n) is 4.44. The van der Waals surface area contributed by atoms with E-state index in [1.165, 1.54) is 0 Å². The van der Waals surface area contributed by atoms with Crippen molar-refractivity contribution in [2.24, 2.45) is 5.92 Å². The zero-order chi connectivity index (χ0) is 19.5. The average Bonchev–Trinajstić information content (AvgIpc) is 2.55. The predicted octanol–water partition coefficient (Wildman–Crippen LogP) is 3.56. The molecule has 0 aliphatic carbocycles. The number of carbonyl (C=O) groups excluding carboxylic acids is 1. The number of sulfone groups is 1. The van der Waals surface area contributed by atoms with Gasteiger partial charge in [-0.3, -0.25) is 4.79 Å². The minimum Gasteiger partial charge on any atom is -0.478 e. The van der Waals surface area contributed by atoms with Gasteiger partial charge in [-0.1, -0.05) is 25.4 Å². The quantitative estimate of drug-likeness (QED) is 0.731. The lowest BCUT2D eigenvalue weighted by Crippen LogP contribution is -2.54. The highest BCUT2D eigenvalue weighted by atomic mass is 35.5. The molecular formula is C19H28ClNO4S. The van der Waals surface area contributed by atoms with Gasteiger partial charge in [0.1, 0.15) is 5.75 Å². The van der Waals surface area contributed by atoms with Crippen molar-refractivity contribution in [2.45, 2.75) is 51.4 Å². The summed E-state index contributed by atoms with van der Waals surface area (Å²) >= 11 is 5.87. The Morgan fingerprint density at radius 2 is 1.92 bits per heavy atom. The van der Waals surface area contributed by atoms with Crippen LogP contribution < -0.4 is 4.74 Å². The van der Waals surface area contributed by atoms with E-state index in [-0.39, 0.29) is 24.1 Å². The minimum absolute atomic E-state index is 0.0794. The Bertz CT molecular complexity index is 728. The van der Waals surface area contributed by atoms with Crippen LogP contribution in [0.15, 0.2) is 24.3 Å². The molecular weight excluding hydrogens is 374 g/mol. The van der Waals surface area contributed by atoms with Crippen molar-refractivity contribution in [3.05, 3.63) is 29.3 Å². The zero-order valence-electron chi connectivity index (χ0n) is 15.9. The Morgan fingerprint density at radius 1 is 1.31 bits per heavy atom. The molecule has 0 radical (unpaired) electrons. The summed E-state index contributed by atoms with van der Waals surface area (Å²) in [5.74, 6) is 0.589. The van der Waals surface area contributed by atoms with E-state index in [0.717, 1.165) is 0 Å². The Kier molecular flexibility index (Phi) is 6.61. The summed E-state index contributed by atoms with van der Waals surface area (Å²) in [6.07, 6.45) is 1.29. The Morgan fingerprint density at radius 3 is 2.50 bits per heavy atom. The van der Waals surface area contributed by atoms with Gasteiger partial charge in [-0.25, -0.2) is 8.42 Å². The van der Waals surface area contributed by atoms with Crippen LogP contribution in [0.2, 0.25) is 5.02 Å². The monoisotopic (exact) mass is 401 g/mol. The maximum atomic E-state index is 13.0. The molecule has 1 unspecified atom stereocenters. The molecule has 0 aromatic heterocycles. The summed E-state index contributed by atoms with van der Waals surface area (Å²) in [7, 11) is -3.21. The molecule has 1 atom stereocenters. The van der Waals surface area contributed by atoms with E-state index in [0.29, 0.717) is 30.2 Å². The van der Waals surface area contributed by atoms with Gasteiger partial charge in [0.05, 0.1) is 11.0 Å². The zero-order valence-corrected chi connectivity index (χ0v) is 17.4. The van der Waals surface area contributed by atoms with Gasteiger partial charge in [-0.05, 0) is 56.9 Å². The van der Waals surface area contributed by atoms with Gasteiger partial charge in [0.25, 0.3) is 5.91 Å². The lowest BCUT2D eigenvalue weighted by atomic mass is 10.0. The summed E-state index contributed by atoms with van der Waals surface area (Å²) < 4.78 is 31.0. The SMILES string of the molecule is CC(C)CS(=O)(=O)C1CCCN(C(=O)C(C)(C)Oc2ccc(Cl)cc2)C1. The normalized spacial score (nSPS) is 18.8. The first-order valence-corrected chi connectivity index (χ1v) is 11.1. The second-order valence-electron chi connectivity index (χ2n) is 7.81. The molecule has 1 saturated heterocycles. The van der Waals surface area contributed by atoms with Crippen LogP contribution in [0.5, 0.6) is 5.75 Å². The molecule has 1 aliphatic heterocycles. The van der Waals surface area contributed by atoms with Crippen molar-refractivity contribution < 1.29 is 17.9 Å². The number of piperidine rings is 1. The fourth-order valence-electron chi connectivity index (χ4n) is 3.24. The maximum absolute atomic E-state index is 13.0. The molecule has 1 heterocycles. The number of nitrogens with zero attached hydrogens (tertiary/aromatic N) is 1. The third kappa shape index (κ3) is 5.36. The van der Waals surface area contributed by atoms with Crippen molar-refractivity contribution in [3.63, 3.8) is 0 Å². The number of rotatable bonds is 6. The van der Waals surface area contributed by atoms with Gasteiger partial charge in [0, 0.05) is 18.1 Å². The molecule has 7 heteroatoms. The van der Waals surface area contributed by atoms with Crippen LogP contribution in [0.4, 0.5) is 0 Å². The lowest BCUT2D eigenvalue weighted by molar-refractivity contribution is -0.146. The van der Waals surface area contributed by atoms with Crippen molar-refractivity contribution >= 4 is 27.3 Å². The van der Waals surface area contributed by atoms with Gasteiger partial charge in [0.15, 0.2) is 15.4 Å². The molecule has 2 rings (SSSR count). The van der Waals surface area contributed by atoms with Crippen molar-refractivity contribution in [1.29, 1.82) is 0 Å². The third-order valence-corrected chi connectivity index (χ3v) is 7.22. The highest BCUT2D eigenvalue weighted by Gasteiger charge is 2.39. The fourth-order valence-corrected chi connectivity index (χ4v) is 5.50. The largest absolute Gasteiger partial charge is 0.478 e. The number of hydrogen-bond acceptors (Lipinski definition) is 4. The summed E-state index contributed by atoms with van der Waals surface area (Å²) in [4.78, 5) is 14.6. The van der Waals surface area contributed by atoms with Gasteiger partial charge in [0.2, 0.25) is 0 Å². The van der Waals surface area contributed by atoms with Crippen LogP contribution in [-0.2, 0) is 14.6 Å². The summed E-state index contributed by atoms with van der Waals surface area (Å²) in [5.41, 5.74) is -1.09. The highest BCUT2D eigenvalue weighted by molar-refractivity contribution is 7.92. The van der Waals surface area contributed by atoms with E-state index in [1.807, 2.05) is 13.8 Å². The Balaban J connectivity index is 2.08. The van der Waals surface area contributed by atoms with Gasteiger partial charge in [-0.15, -0.1) is 0 Å². The van der Waals surface area contributed by atoms with E-state index in [2.05, 4.69) is 0 Å². The summed E-state index contributed by atoms with van der Waals surface area (Å²) in [6.45, 7) is 7.99. The molecule has 0 N–H and O–H groups in total. The van der Waals surface area contributed by atoms with E-state index >= 15 is 0 Å². The lowest BCUT2D eigenvalue weighted by Gasteiger charge is -2.37. The van der Waals surface area contributed by atoms with Gasteiger partial charge in [-0.2, -0.15) is 0 Å². The molecule has 26 heavy (non-hydrogen) atoms. The van der Waals surface area contributed by atoms with Crippen molar-refractivity contribution in [3.8, 4) is 5.75 Å². The average molecular weight is 402 g/mol. The Labute approximate surface area is 161 Å². The molecule has 5 nitrogen and oxygen atoms in total. The van der Waals surface area contributed by atoms with Crippen LogP contribution >= 0.6 is 11.6 Å². The molecule has 1 fully saturated rings. The van der Waals surface area contributed by atoms with E-state index in [1.54, 1.807) is 43.0 Å². The molecule has 0 saturated carbocycles. The molecule has 1 aliphatic rings. The molecule has 0 bridgehead atoms. The second-order valence-corrected chi connectivity index (χ2v) is 10.6. The van der Waals surface area contributed by atoms with Crippen LogP contribution in [0, 0.1) is 5.92 Å². The topological polar surface area (TPSA) is 63.7 Å². The minimum atomic E-state index is -3.21. The molecule has 0 spiro atoms. The van der Waals surface area contributed by atoms with Crippen LogP contribution in [-0.4, -0.2) is 48.9 Å². The molecule has 146 valence electrons.